The molecule has 0 saturated heterocycles. The van der Waals surface area contributed by atoms with Gasteiger partial charge in [0.25, 0.3) is 0 Å². The van der Waals surface area contributed by atoms with E-state index in [-0.39, 0.29) is 42.9 Å². The van der Waals surface area contributed by atoms with E-state index in [4.69, 9.17) is 36.7 Å². The van der Waals surface area contributed by atoms with Crippen molar-refractivity contribution in [3.8, 4) is 11.5 Å². The maximum absolute atomic E-state index is 13.4. The van der Waals surface area contributed by atoms with Crippen LogP contribution in [0.15, 0.2) is 34.9 Å². The number of hydrogen-bond donors (Lipinski definition) is 3. The van der Waals surface area contributed by atoms with Crippen molar-refractivity contribution in [1.29, 1.82) is 0 Å². The molecule has 0 radical (unpaired) electrons. The third-order valence-electron chi connectivity index (χ3n) is 6.86. The van der Waals surface area contributed by atoms with Crippen LogP contribution in [0.3, 0.4) is 0 Å². The maximum Gasteiger partial charge on any atom is 0.338 e. The predicted octanol–water partition coefficient (Wildman–Crippen LogP) is 4.60. The number of nitrogens with one attached hydrogen (secondary N) is 1. The number of carbonyl (C=O) groups excluding carboxylic acids is 2. The van der Waals surface area contributed by atoms with E-state index >= 15 is 0 Å². The van der Waals surface area contributed by atoms with Gasteiger partial charge in [-0.15, -0.1) is 12.4 Å². The van der Waals surface area contributed by atoms with Crippen molar-refractivity contribution in [2.75, 3.05) is 26.1 Å². The molecule has 0 saturated carbocycles. The van der Waals surface area contributed by atoms with Crippen LogP contribution in [0.4, 0.5) is 0 Å². The van der Waals surface area contributed by atoms with Gasteiger partial charge in [-0.3, -0.25) is 0 Å². The minimum Gasteiger partial charge on any atom is -0.507 e. The van der Waals surface area contributed by atoms with Crippen LogP contribution in [-0.2, 0) is 21.8 Å². The normalized spacial score (nSPS) is 17.9. The van der Waals surface area contributed by atoms with E-state index in [9.17, 15) is 14.7 Å². The zero-order valence-corrected chi connectivity index (χ0v) is 26.5. The zero-order valence-electron chi connectivity index (χ0n) is 24.1. The Kier molecular flexibility index (Phi) is 12.6. The Hall–Kier alpha value is -3.39. The summed E-state index contributed by atoms with van der Waals surface area (Å²) < 4.78 is 22.2. The van der Waals surface area contributed by atoms with Crippen LogP contribution in [0.25, 0.3) is 0 Å². The first-order chi connectivity index (χ1) is 20.2. The monoisotopic (exact) mass is 650 g/mol. The highest BCUT2D eigenvalue weighted by molar-refractivity contribution is 7.98. The van der Waals surface area contributed by atoms with Gasteiger partial charge in [0, 0.05) is 41.2 Å². The minimum atomic E-state index is -0.604. The summed E-state index contributed by atoms with van der Waals surface area (Å²) in [5.74, 6) is 0.470. The molecular formula is C29H35ClN4O7S2. The number of carbonyl (C=O) groups is 2. The summed E-state index contributed by atoms with van der Waals surface area (Å²) in [7, 11) is 1.47. The standard InChI is InChI=1S/C29H34N4O7S2.ClH/c1-16-24(37-3)10-23(34)21-14-42-15-22(27-31-17(2)33-40-27)32-25(41)9-6-19(13-39-29(36)26(16)21)12-38-28(35)20-7-4-18(11-30)5-8-20;/h4-5,7-8,10,19,22,34H,6,9,11-15,30H2,1-3H3,(H,32,41);1H/t19-,22-;/m0./s1. The number of benzene rings is 2. The number of nitrogens with two attached hydrogens (primary N) is 1. The molecule has 3 aromatic rings. The highest BCUT2D eigenvalue weighted by Gasteiger charge is 2.27. The lowest BCUT2D eigenvalue weighted by Crippen LogP contribution is -2.30. The summed E-state index contributed by atoms with van der Waals surface area (Å²) in [6.07, 6.45) is 0.912. The topological polar surface area (TPSA) is 159 Å². The van der Waals surface area contributed by atoms with Gasteiger partial charge in [-0.05, 0) is 44.4 Å². The minimum absolute atomic E-state index is 0. The van der Waals surface area contributed by atoms with Gasteiger partial charge in [0.15, 0.2) is 5.82 Å². The van der Waals surface area contributed by atoms with Crippen molar-refractivity contribution < 1.29 is 33.4 Å². The fraction of sp³-hybridized carbons (Fsp3) is 0.414. The average molecular weight is 651 g/mol. The molecule has 11 nitrogen and oxygen atoms in total. The van der Waals surface area contributed by atoms with Gasteiger partial charge in [0.2, 0.25) is 5.89 Å². The molecule has 1 aliphatic rings. The Morgan fingerprint density at radius 2 is 2.02 bits per heavy atom. The van der Waals surface area contributed by atoms with Gasteiger partial charge in [0.05, 0.1) is 36.4 Å². The first-order valence-corrected chi connectivity index (χ1v) is 15.0. The molecular weight excluding hydrogens is 616 g/mol. The summed E-state index contributed by atoms with van der Waals surface area (Å²) in [5, 5.41) is 18.0. The number of hydrogen-bond acceptors (Lipinski definition) is 12. The van der Waals surface area contributed by atoms with Crippen LogP contribution in [0.2, 0.25) is 0 Å². The number of esters is 2. The number of methoxy groups -OCH3 is 1. The number of halogens is 1. The maximum atomic E-state index is 13.4. The van der Waals surface area contributed by atoms with Gasteiger partial charge in [0.1, 0.15) is 17.5 Å². The lowest BCUT2D eigenvalue weighted by atomic mass is 10.0. The summed E-state index contributed by atoms with van der Waals surface area (Å²) in [5.41, 5.74) is 8.15. The molecule has 4 N–H and O–H groups in total. The number of thiocarbonyl (C=S) groups is 1. The molecule has 0 unspecified atom stereocenters. The Morgan fingerprint density at radius 1 is 1.28 bits per heavy atom. The van der Waals surface area contributed by atoms with Gasteiger partial charge in [-0.2, -0.15) is 16.7 Å². The lowest BCUT2D eigenvalue weighted by Gasteiger charge is -2.22. The largest absolute Gasteiger partial charge is 0.507 e. The van der Waals surface area contributed by atoms with Crippen molar-refractivity contribution >= 4 is 53.3 Å². The molecule has 0 bridgehead atoms. The molecule has 0 spiro atoms. The smallest absolute Gasteiger partial charge is 0.338 e. The predicted molar refractivity (Wildman–Crippen MR) is 168 cm³/mol. The third-order valence-corrected chi connectivity index (χ3v) is 8.24. The molecule has 2 atom stereocenters. The highest BCUT2D eigenvalue weighted by Crippen LogP contribution is 2.36. The number of aryl methyl sites for hydroxylation is 1. The van der Waals surface area contributed by atoms with Crippen molar-refractivity contribution in [3.05, 3.63) is 69.9 Å². The number of fused-ring (bicyclic) bond motifs is 1. The summed E-state index contributed by atoms with van der Waals surface area (Å²) >= 11 is 7.09. The fourth-order valence-corrected chi connectivity index (χ4v) is 5.81. The summed E-state index contributed by atoms with van der Waals surface area (Å²) in [6.45, 7) is 3.82. The van der Waals surface area contributed by atoms with Gasteiger partial charge >= 0.3 is 11.9 Å². The van der Waals surface area contributed by atoms with Crippen LogP contribution >= 0.6 is 36.4 Å². The second kappa shape index (κ2) is 15.9. The van der Waals surface area contributed by atoms with Crippen LogP contribution < -0.4 is 15.8 Å². The number of thioether (sulfide) groups is 1. The number of ether oxygens (including phenoxy) is 3. The molecule has 0 fully saturated rings. The molecule has 4 rings (SSSR count). The quantitative estimate of drug-likeness (QED) is 0.251. The fourth-order valence-electron chi connectivity index (χ4n) is 4.48. The van der Waals surface area contributed by atoms with Crippen molar-refractivity contribution in [3.63, 3.8) is 0 Å². The van der Waals surface area contributed by atoms with E-state index in [0.29, 0.717) is 70.0 Å². The van der Waals surface area contributed by atoms with Crippen molar-refractivity contribution in [1.82, 2.24) is 15.5 Å². The second-order valence-corrected chi connectivity index (χ2v) is 11.4. The third kappa shape index (κ3) is 8.82. The summed E-state index contributed by atoms with van der Waals surface area (Å²) in [4.78, 5) is 31.1. The van der Waals surface area contributed by atoms with Gasteiger partial charge < -0.3 is 34.9 Å². The number of cyclic esters (lactones) is 1. The number of phenols is 1. The SMILES string of the molecule is COc1cc(O)c2c(c1C)C(=O)OC[C@H](COC(=O)c1ccc(CN)cc1)CCC(=S)N[C@H](c1nc(C)no1)CSC2.Cl. The van der Waals surface area contributed by atoms with E-state index < -0.39 is 18.0 Å². The molecule has 232 valence electrons. The molecule has 43 heavy (non-hydrogen) atoms. The van der Waals surface area contributed by atoms with Gasteiger partial charge in [-0.25, -0.2) is 9.59 Å². The second-order valence-electron chi connectivity index (χ2n) is 9.89. The Morgan fingerprint density at radius 3 is 2.67 bits per heavy atom. The van der Waals surface area contributed by atoms with E-state index in [1.807, 2.05) is 0 Å². The number of rotatable bonds is 6. The highest BCUT2D eigenvalue weighted by atomic mass is 35.5. The average Bonchev–Trinajstić information content (AvgIpc) is 3.43. The molecule has 0 amide bonds. The number of phenolic OH excluding ortho intramolecular Hbond substituents is 1. The first kappa shape index (κ1) is 34.1. The van der Waals surface area contributed by atoms with Gasteiger partial charge in [-0.1, -0.05) is 29.5 Å². The number of aromatic nitrogens is 2. The molecule has 0 aliphatic carbocycles. The molecule has 2 aromatic carbocycles. The Labute approximate surface area is 265 Å². The first-order valence-electron chi connectivity index (χ1n) is 13.4. The van der Waals surface area contributed by atoms with Crippen LogP contribution in [0, 0.1) is 19.8 Å². The number of nitrogens with zero attached hydrogens (tertiary/aromatic N) is 2. The zero-order chi connectivity index (χ0) is 30.2. The molecule has 2 heterocycles. The Bertz CT molecular complexity index is 1430. The lowest BCUT2D eigenvalue weighted by molar-refractivity contribution is 0.0248. The van der Waals surface area contributed by atoms with Crippen LogP contribution in [-0.4, -0.2) is 58.3 Å². The van der Waals surface area contributed by atoms with Crippen LogP contribution in [0.1, 0.15) is 68.0 Å². The van der Waals surface area contributed by atoms with E-state index in [2.05, 4.69) is 15.5 Å². The Balaban J connectivity index is 0.00000506. The van der Waals surface area contributed by atoms with Crippen molar-refractivity contribution in [2.24, 2.45) is 11.7 Å². The molecule has 1 aliphatic heterocycles. The van der Waals surface area contributed by atoms with Crippen LogP contribution in [0.5, 0.6) is 11.5 Å². The molecule has 14 heteroatoms. The van der Waals surface area contributed by atoms with E-state index in [1.165, 1.54) is 24.9 Å². The van der Waals surface area contributed by atoms with Crippen molar-refractivity contribution in [2.45, 2.75) is 45.0 Å². The number of aromatic hydroxyl groups is 1. The van der Waals surface area contributed by atoms with E-state index in [1.54, 1.807) is 38.1 Å². The summed E-state index contributed by atoms with van der Waals surface area (Å²) in [6, 6.07) is 7.96. The van der Waals surface area contributed by atoms with E-state index in [0.717, 1.165) is 5.56 Å². The molecule has 1 aromatic heterocycles.